The molecule has 2 amide bonds. The topological polar surface area (TPSA) is 71.5 Å². The van der Waals surface area contributed by atoms with Crippen molar-refractivity contribution in [2.75, 3.05) is 6.54 Å². The van der Waals surface area contributed by atoms with Gasteiger partial charge in [0, 0.05) is 12.7 Å². The number of carbonyl (C=O) groups excluding carboxylic acids is 2. The zero-order chi connectivity index (χ0) is 18.6. The average Bonchev–Trinajstić information content (AvgIpc) is 3.01. The van der Waals surface area contributed by atoms with Gasteiger partial charge >= 0.3 is 6.09 Å². The van der Waals surface area contributed by atoms with Crippen LogP contribution in [-0.4, -0.2) is 40.1 Å². The standard InChI is InChI=1S/C19H29N3O3/c1-13(2)16(14-9-6-7-11-20-14)21-17(23)15-10-8-12-22(15)18(24)25-19(3,4)5/h6-7,9,11,13,15-16H,8,10,12H2,1-5H3,(H,21,23)/t15-,16+/m0/s1. The molecule has 1 aromatic rings. The fourth-order valence-electron chi connectivity index (χ4n) is 2.97. The summed E-state index contributed by atoms with van der Waals surface area (Å²) in [6.45, 7) is 10.1. The van der Waals surface area contributed by atoms with E-state index in [1.165, 1.54) is 4.90 Å². The van der Waals surface area contributed by atoms with Gasteiger partial charge in [-0.1, -0.05) is 19.9 Å². The molecule has 0 unspecified atom stereocenters. The first kappa shape index (κ1) is 19.2. The van der Waals surface area contributed by atoms with Gasteiger partial charge in [-0.3, -0.25) is 14.7 Å². The number of hydrogen-bond donors (Lipinski definition) is 1. The van der Waals surface area contributed by atoms with Crippen LogP contribution >= 0.6 is 0 Å². The summed E-state index contributed by atoms with van der Waals surface area (Å²) in [5.41, 5.74) is 0.252. The lowest BCUT2D eigenvalue weighted by molar-refractivity contribution is -0.126. The quantitative estimate of drug-likeness (QED) is 0.907. The fraction of sp³-hybridized carbons (Fsp3) is 0.632. The third kappa shape index (κ3) is 5.18. The molecule has 0 radical (unpaired) electrons. The molecule has 1 fully saturated rings. The van der Waals surface area contributed by atoms with E-state index in [-0.39, 0.29) is 17.9 Å². The van der Waals surface area contributed by atoms with Crippen molar-refractivity contribution in [1.82, 2.24) is 15.2 Å². The minimum atomic E-state index is -0.574. The van der Waals surface area contributed by atoms with E-state index < -0.39 is 17.7 Å². The summed E-state index contributed by atoms with van der Waals surface area (Å²) in [5.74, 6) is 0.0444. The molecule has 0 bridgehead atoms. The summed E-state index contributed by atoms with van der Waals surface area (Å²) >= 11 is 0. The molecule has 25 heavy (non-hydrogen) atoms. The van der Waals surface area contributed by atoms with Crippen molar-refractivity contribution in [2.45, 2.75) is 65.1 Å². The zero-order valence-corrected chi connectivity index (χ0v) is 15.8. The SMILES string of the molecule is CC(C)[C@@H](NC(=O)[C@@H]1CCCN1C(=O)OC(C)(C)C)c1ccccn1. The van der Waals surface area contributed by atoms with Gasteiger partial charge in [0.2, 0.25) is 5.91 Å². The van der Waals surface area contributed by atoms with Crippen LogP contribution in [0.4, 0.5) is 4.79 Å². The van der Waals surface area contributed by atoms with E-state index in [9.17, 15) is 9.59 Å². The Hall–Kier alpha value is -2.11. The third-order valence-corrected chi connectivity index (χ3v) is 4.15. The number of nitrogens with one attached hydrogen (secondary N) is 1. The Bertz CT molecular complexity index is 596. The van der Waals surface area contributed by atoms with Gasteiger partial charge in [0.05, 0.1) is 11.7 Å². The van der Waals surface area contributed by atoms with Crippen LogP contribution in [0.2, 0.25) is 0 Å². The van der Waals surface area contributed by atoms with Crippen LogP contribution in [0.25, 0.3) is 0 Å². The predicted octanol–water partition coefficient (Wildman–Crippen LogP) is 3.29. The van der Waals surface area contributed by atoms with Gasteiger partial charge in [-0.25, -0.2) is 4.79 Å². The summed E-state index contributed by atoms with van der Waals surface area (Å²) < 4.78 is 5.43. The van der Waals surface area contributed by atoms with Crippen LogP contribution < -0.4 is 5.32 Å². The fourth-order valence-corrected chi connectivity index (χ4v) is 2.97. The highest BCUT2D eigenvalue weighted by molar-refractivity contribution is 5.86. The molecule has 1 N–H and O–H groups in total. The van der Waals surface area contributed by atoms with Crippen molar-refractivity contribution in [3.8, 4) is 0 Å². The maximum Gasteiger partial charge on any atom is 0.410 e. The Morgan fingerprint density at radius 3 is 2.60 bits per heavy atom. The first-order chi connectivity index (χ1) is 11.7. The van der Waals surface area contributed by atoms with Gasteiger partial charge < -0.3 is 10.1 Å². The molecule has 2 heterocycles. The number of aromatic nitrogens is 1. The largest absolute Gasteiger partial charge is 0.444 e. The minimum absolute atomic E-state index is 0.146. The maximum absolute atomic E-state index is 12.8. The van der Waals surface area contributed by atoms with Crippen molar-refractivity contribution < 1.29 is 14.3 Å². The number of nitrogens with zero attached hydrogens (tertiary/aromatic N) is 2. The Labute approximate surface area is 150 Å². The van der Waals surface area contributed by atoms with Crippen molar-refractivity contribution >= 4 is 12.0 Å². The highest BCUT2D eigenvalue weighted by Gasteiger charge is 2.37. The molecule has 0 saturated carbocycles. The second-order valence-electron chi connectivity index (χ2n) is 7.82. The number of hydrogen-bond acceptors (Lipinski definition) is 4. The number of likely N-dealkylation sites (tertiary alicyclic amines) is 1. The van der Waals surface area contributed by atoms with Gasteiger partial charge in [0.25, 0.3) is 0 Å². The third-order valence-electron chi connectivity index (χ3n) is 4.15. The molecule has 1 aromatic heterocycles. The Morgan fingerprint density at radius 1 is 1.32 bits per heavy atom. The summed E-state index contributed by atoms with van der Waals surface area (Å²) in [4.78, 5) is 31.1. The highest BCUT2D eigenvalue weighted by Crippen LogP contribution is 2.24. The Morgan fingerprint density at radius 2 is 2.04 bits per heavy atom. The molecule has 1 saturated heterocycles. The normalized spacial score (nSPS) is 19.0. The monoisotopic (exact) mass is 347 g/mol. The van der Waals surface area contributed by atoms with Gasteiger partial charge in [-0.15, -0.1) is 0 Å². The molecule has 1 aliphatic rings. The lowest BCUT2D eigenvalue weighted by atomic mass is 9.99. The highest BCUT2D eigenvalue weighted by atomic mass is 16.6. The Kier molecular flexibility index (Phi) is 6.03. The van der Waals surface area contributed by atoms with E-state index in [1.807, 2.05) is 52.8 Å². The molecule has 2 atom stereocenters. The van der Waals surface area contributed by atoms with E-state index in [0.717, 1.165) is 12.1 Å². The smallest absolute Gasteiger partial charge is 0.410 e. The van der Waals surface area contributed by atoms with E-state index >= 15 is 0 Å². The first-order valence-corrected chi connectivity index (χ1v) is 8.90. The van der Waals surface area contributed by atoms with Gasteiger partial charge in [0.1, 0.15) is 11.6 Å². The van der Waals surface area contributed by atoms with E-state index in [1.54, 1.807) is 6.20 Å². The van der Waals surface area contributed by atoms with Crippen molar-refractivity contribution in [3.05, 3.63) is 30.1 Å². The molecule has 6 nitrogen and oxygen atoms in total. The second kappa shape index (κ2) is 7.85. The molecule has 0 aromatic carbocycles. The molecular weight excluding hydrogens is 318 g/mol. The van der Waals surface area contributed by atoms with Crippen molar-refractivity contribution in [1.29, 1.82) is 0 Å². The molecule has 0 spiro atoms. The van der Waals surface area contributed by atoms with Gasteiger partial charge in [-0.05, 0) is 51.7 Å². The molecular formula is C19H29N3O3. The molecule has 138 valence electrons. The molecule has 6 heteroatoms. The van der Waals surface area contributed by atoms with Crippen LogP contribution in [-0.2, 0) is 9.53 Å². The second-order valence-corrected chi connectivity index (χ2v) is 7.82. The van der Waals surface area contributed by atoms with Crippen LogP contribution in [0.15, 0.2) is 24.4 Å². The van der Waals surface area contributed by atoms with Gasteiger partial charge in [-0.2, -0.15) is 0 Å². The van der Waals surface area contributed by atoms with Crippen molar-refractivity contribution in [2.24, 2.45) is 5.92 Å². The minimum Gasteiger partial charge on any atom is -0.444 e. The summed E-state index contributed by atoms with van der Waals surface area (Å²) in [5, 5.41) is 3.07. The molecule has 2 rings (SSSR count). The van der Waals surface area contributed by atoms with Crippen LogP contribution in [0.1, 0.15) is 59.2 Å². The Balaban J connectivity index is 2.08. The van der Waals surface area contributed by atoms with Gasteiger partial charge in [0.15, 0.2) is 0 Å². The number of pyridine rings is 1. The summed E-state index contributed by atoms with van der Waals surface area (Å²) in [6.07, 6.45) is 2.74. The average molecular weight is 347 g/mol. The predicted molar refractivity (Wildman–Crippen MR) is 95.9 cm³/mol. The summed E-state index contributed by atoms with van der Waals surface area (Å²) in [7, 11) is 0. The number of rotatable bonds is 4. The lowest BCUT2D eigenvalue weighted by Gasteiger charge is -2.30. The first-order valence-electron chi connectivity index (χ1n) is 8.90. The lowest BCUT2D eigenvalue weighted by Crippen LogP contribution is -2.48. The number of amides is 2. The van der Waals surface area contributed by atoms with Crippen LogP contribution in [0, 0.1) is 5.92 Å². The molecule has 0 aliphatic carbocycles. The molecule has 1 aliphatic heterocycles. The van der Waals surface area contributed by atoms with E-state index in [2.05, 4.69) is 10.3 Å². The number of carbonyl (C=O) groups is 2. The van der Waals surface area contributed by atoms with Crippen molar-refractivity contribution in [3.63, 3.8) is 0 Å². The number of ether oxygens (including phenoxy) is 1. The maximum atomic E-state index is 12.8. The zero-order valence-electron chi connectivity index (χ0n) is 15.8. The van der Waals surface area contributed by atoms with E-state index in [4.69, 9.17) is 4.74 Å². The van der Waals surface area contributed by atoms with E-state index in [0.29, 0.717) is 13.0 Å². The van der Waals surface area contributed by atoms with Crippen LogP contribution in [0.5, 0.6) is 0 Å². The van der Waals surface area contributed by atoms with Crippen LogP contribution in [0.3, 0.4) is 0 Å². The summed E-state index contributed by atoms with van der Waals surface area (Å²) in [6, 6.07) is 5.00.